The number of hydrogen-bond donors (Lipinski definition) is 3. The van der Waals surface area contributed by atoms with E-state index >= 15 is 0 Å². The minimum atomic E-state index is -0.669. The highest BCUT2D eigenvalue weighted by atomic mass is 35.5. The molecule has 3 amide bonds. The smallest absolute Gasteiger partial charge is 0.312 e. The number of rotatable bonds is 5. The van der Waals surface area contributed by atoms with Gasteiger partial charge in [-0.2, -0.15) is 0 Å². The monoisotopic (exact) mass is 389 g/mol. The van der Waals surface area contributed by atoms with Crippen LogP contribution < -0.4 is 16.4 Å². The van der Waals surface area contributed by atoms with Crippen molar-refractivity contribution in [2.75, 3.05) is 5.75 Å². The first kappa shape index (κ1) is 18.6. The van der Waals surface area contributed by atoms with E-state index in [0.717, 1.165) is 23.3 Å². The van der Waals surface area contributed by atoms with Crippen LogP contribution in [0, 0.1) is 0 Å². The summed E-state index contributed by atoms with van der Waals surface area (Å²) < 4.78 is 0. The number of halogens is 1. The Balaban J connectivity index is 1.70. The molecule has 0 spiro atoms. The minimum absolute atomic E-state index is 0.0144. The highest BCUT2D eigenvalue weighted by Crippen LogP contribution is 2.36. The number of benzene rings is 2. The molecule has 3 rings (SSSR count). The van der Waals surface area contributed by atoms with Crippen LogP contribution in [0.4, 0.5) is 4.79 Å². The second-order valence-electron chi connectivity index (χ2n) is 6.11. The SMILES string of the molecule is NC(=O)N[C@@H](CC(=O)N[C@@H]1CCSc2ccccc21)c1ccc(Cl)cc1. The summed E-state index contributed by atoms with van der Waals surface area (Å²) in [6.45, 7) is 0. The van der Waals surface area contributed by atoms with Crippen molar-refractivity contribution in [3.8, 4) is 0 Å². The van der Waals surface area contributed by atoms with Crippen LogP contribution in [-0.2, 0) is 4.79 Å². The number of urea groups is 1. The fourth-order valence-corrected chi connectivity index (χ4v) is 4.30. The number of nitrogens with one attached hydrogen (secondary N) is 2. The van der Waals surface area contributed by atoms with Gasteiger partial charge in [-0.15, -0.1) is 11.8 Å². The lowest BCUT2D eigenvalue weighted by atomic mass is 10.0. The van der Waals surface area contributed by atoms with Crippen LogP contribution in [0.5, 0.6) is 0 Å². The Hall–Kier alpha value is -2.18. The average molecular weight is 390 g/mol. The van der Waals surface area contributed by atoms with Gasteiger partial charge < -0.3 is 16.4 Å². The second-order valence-corrected chi connectivity index (χ2v) is 7.69. The third-order valence-electron chi connectivity index (χ3n) is 4.27. The molecule has 7 heteroatoms. The maximum atomic E-state index is 12.6. The highest BCUT2D eigenvalue weighted by molar-refractivity contribution is 7.99. The summed E-state index contributed by atoms with van der Waals surface area (Å²) in [7, 11) is 0. The molecule has 136 valence electrons. The first-order valence-corrected chi connectivity index (χ1v) is 9.72. The van der Waals surface area contributed by atoms with Gasteiger partial charge in [0.2, 0.25) is 5.91 Å². The lowest BCUT2D eigenvalue weighted by Gasteiger charge is -2.27. The molecule has 0 saturated heterocycles. The predicted molar refractivity (Wildman–Crippen MR) is 104 cm³/mol. The van der Waals surface area contributed by atoms with Crippen LogP contribution in [0.2, 0.25) is 5.02 Å². The molecule has 1 heterocycles. The van der Waals surface area contributed by atoms with Crippen LogP contribution >= 0.6 is 23.4 Å². The summed E-state index contributed by atoms with van der Waals surface area (Å²) in [6.07, 6.45) is 0.985. The summed E-state index contributed by atoms with van der Waals surface area (Å²) in [5.74, 6) is 0.827. The molecular formula is C19H20ClN3O2S. The van der Waals surface area contributed by atoms with Gasteiger partial charge in [0.15, 0.2) is 0 Å². The number of carbonyl (C=O) groups is 2. The molecule has 2 aromatic carbocycles. The lowest BCUT2D eigenvalue weighted by Crippen LogP contribution is -2.38. The summed E-state index contributed by atoms with van der Waals surface area (Å²) >= 11 is 7.71. The van der Waals surface area contributed by atoms with Gasteiger partial charge in [-0.3, -0.25) is 4.79 Å². The van der Waals surface area contributed by atoms with Gasteiger partial charge >= 0.3 is 6.03 Å². The zero-order chi connectivity index (χ0) is 18.5. The van der Waals surface area contributed by atoms with Gasteiger partial charge in [-0.25, -0.2) is 4.79 Å². The van der Waals surface area contributed by atoms with E-state index in [-0.39, 0.29) is 18.4 Å². The van der Waals surface area contributed by atoms with E-state index < -0.39 is 12.1 Å². The van der Waals surface area contributed by atoms with Gasteiger partial charge in [0.05, 0.1) is 18.5 Å². The fraction of sp³-hybridized carbons (Fsp3) is 0.263. The zero-order valence-corrected chi connectivity index (χ0v) is 15.6. The van der Waals surface area contributed by atoms with Crippen molar-refractivity contribution in [2.45, 2.75) is 29.8 Å². The largest absolute Gasteiger partial charge is 0.352 e. The quantitative estimate of drug-likeness (QED) is 0.727. The van der Waals surface area contributed by atoms with Gasteiger partial charge in [0.25, 0.3) is 0 Å². The Kier molecular flexibility index (Phi) is 6.06. The Morgan fingerprint density at radius 2 is 1.92 bits per heavy atom. The van der Waals surface area contributed by atoms with Crippen LogP contribution in [-0.4, -0.2) is 17.7 Å². The molecule has 0 bridgehead atoms. The molecule has 0 fully saturated rings. The molecule has 0 radical (unpaired) electrons. The third kappa shape index (κ3) is 4.71. The van der Waals surface area contributed by atoms with Crippen LogP contribution in [0.15, 0.2) is 53.4 Å². The van der Waals surface area contributed by atoms with Gasteiger partial charge in [-0.1, -0.05) is 41.9 Å². The van der Waals surface area contributed by atoms with E-state index in [2.05, 4.69) is 16.7 Å². The van der Waals surface area contributed by atoms with Crippen molar-refractivity contribution in [1.82, 2.24) is 10.6 Å². The van der Waals surface area contributed by atoms with Crippen LogP contribution in [0.25, 0.3) is 0 Å². The Morgan fingerprint density at radius 1 is 1.19 bits per heavy atom. The van der Waals surface area contributed by atoms with E-state index in [0.29, 0.717) is 5.02 Å². The van der Waals surface area contributed by atoms with Crippen LogP contribution in [0.1, 0.15) is 36.1 Å². The van der Waals surface area contributed by atoms with E-state index in [1.54, 1.807) is 36.0 Å². The molecule has 2 aromatic rings. The number of amides is 3. The maximum absolute atomic E-state index is 12.6. The summed E-state index contributed by atoms with van der Waals surface area (Å²) in [4.78, 5) is 25.2. The fourth-order valence-electron chi connectivity index (χ4n) is 3.05. The van der Waals surface area contributed by atoms with Gasteiger partial charge in [0, 0.05) is 15.7 Å². The molecule has 0 unspecified atom stereocenters. The number of fused-ring (bicyclic) bond motifs is 1. The summed E-state index contributed by atoms with van der Waals surface area (Å²) in [5.41, 5.74) is 7.20. The topological polar surface area (TPSA) is 84.2 Å². The van der Waals surface area contributed by atoms with E-state index in [9.17, 15) is 9.59 Å². The number of hydrogen-bond acceptors (Lipinski definition) is 3. The standard InChI is InChI=1S/C19H20ClN3O2S/c20-13-7-5-12(6-8-13)16(23-19(21)25)11-18(24)22-15-9-10-26-17-4-2-1-3-14(15)17/h1-8,15-16H,9-11H2,(H,22,24)(H3,21,23,25)/t15-,16+/m1/s1. The first-order chi connectivity index (χ1) is 12.5. The average Bonchev–Trinajstić information content (AvgIpc) is 2.62. The van der Waals surface area contributed by atoms with E-state index in [4.69, 9.17) is 17.3 Å². The summed E-state index contributed by atoms with van der Waals surface area (Å²) in [5, 5.41) is 6.31. The number of nitrogens with two attached hydrogens (primary N) is 1. The summed E-state index contributed by atoms with van der Waals surface area (Å²) in [6, 6.07) is 13.9. The molecule has 0 saturated carbocycles. The highest BCUT2D eigenvalue weighted by Gasteiger charge is 2.24. The molecule has 5 nitrogen and oxygen atoms in total. The lowest BCUT2D eigenvalue weighted by molar-refractivity contribution is -0.122. The molecule has 2 atom stereocenters. The molecule has 0 aliphatic carbocycles. The van der Waals surface area contributed by atoms with Crippen molar-refractivity contribution in [3.63, 3.8) is 0 Å². The Bertz CT molecular complexity index is 798. The predicted octanol–water partition coefficient (Wildman–Crippen LogP) is 3.79. The molecule has 26 heavy (non-hydrogen) atoms. The minimum Gasteiger partial charge on any atom is -0.352 e. The van der Waals surface area contributed by atoms with E-state index in [1.165, 1.54) is 4.90 Å². The molecular weight excluding hydrogens is 370 g/mol. The molecule has 1 aliphatic heterocycles. The van der Waals surface area contributed by atoms with Gasteiger partial charge in [0.1, 0.15) is 0 Å². The van der Waals surface area contributed by atoms with Crippen molar-refractivity contribution < 1.29 is 9.59 Å². The number of primary amides is 1. The van der Waals surface area contributed by atoms with Crippen molar-refractivity contribution in [3.05, 3.63) is 64.7 Å². The normalized spacial score (nSPS) is 17.0. The third-order valence-corrected chi connectivity index (χ3v) is 5.65. The zero-order valence-electron chi connectivity index (χ0n) is 14.1. The van der Waals surface area contributed by atoms with Crippen molar-refractivity contribution in [2.24, 2.45) is 5.73 Å². The molecule has 1 aliphatic rings. The second kappa shape index (κ2) is 8.47. The maximum Gasteiger partial charge on any atom is 0.312 e. The Labute approximate surface area is 161 Å². The van der Waals surface area contributed by atoms with E-state index in [1.807, 2.05) is 18.2 Å². The number of carbonyl (C=O) groups excluding carboxylic acids is 2. The van der Waals surface area contributed by atoms with Crippen LogP contribution in [0.3, 0.4) is 0 Å². The van der Waals surface area contributed by atoms with Crippen molar-refractivity contribution in [1.29, 1.82) is 0 Å². The number of thioether (sulfide) groups is 1. The molecule has 4 N–H and O–H groups in total. The van der Waals surface area contributed by atoms with Crippen molar-refractivity contribution >= 4 is 35.3 Å². The first-order valence-electron chi connectivity index (χ1n) is 8.35. The molecule has 0 aromatic heterocycles. The Morgan fingerprint density at radius 3 is 2.65 bits per heavy atom. The van der Waals surface area contributed by atoms with Gasteiger partial charge in [-0.05, 0) is 35.7 Å².